The number of aryl methyl sites for hydroxylation is 1. The molecule has 236 valence electrons. The lowest BCUT2D eigenvalue weighted by molar-refractivity contribution is -0.137. The maximum atomic E-state index is 13.5. The highest BCUT2D eigenvalue weighted by Crippen LogP contribution is 2.35. The van der Waals surface area contributed by atoms with E-state index < -0.39 is 17.8 Å². The number of carbonyl (C=O) groups excluding carboxylic acids is 2. The van der Waals surface area contributed by atoms with E-state index in [9.17, 15) is 27.9 Å². The molecule has 1 aliphatic heterocycles. The van der Waals surface area contributed by atoms with Gasteiger partial charge in [-0.15, -0.1) is 11.3 Å². The minimum absolute atomic E-state index is 0.0572. The van der Waals surface area contributed by atoms with E-state index in [1.165, 1.54) is 12.1 Å². The average molecular weight is 637 g/mol. The Hall–Kier alpha value is -4.22. The number of nitrogens with zero attached hydrogens (tertiary/aromatic N) is 2. The Labute approximate surface area is 264 Å². The Morgan fingerprint density at radius 3 is 2.56 bits per heavy atom. The van der Waals surface area contributed by atoms with E-state index in [0.29, 0.717) is 29.7 Å². The molecule has 3 atom stereocenters. The summed E-state index contributed by atoms with van der Waals surface area (Å²) in [7, 11) is 0. The molecule has 0 aliphatic carbocycles. The fourth-order valence-corrected chi connectivity index (χ4v) is 6.59. The van der Waals surface area contributed by atoms with Crippen molar-refractivity contribution in [3.05, 3.63) is 117 Å². The molecule has 0 bridgehead atoms. The van der Waals surface area contributed by atoms with Crippen molar-refractivity contribution in [3.63, 3.8) is 0 Å². The van der Waals surface area contributed by atoms with Crippen LogP contribution in [0, 0.1) is 6.92 Å². The van der Waals surface area contributed by atoms with Gasteiger partial charge in [-0.2, -0.15) is 13.2 Å². The number of benzene rings is 3. The van der Waals surface area contributed by atoms with Gasteiger partial charge in [0.05, 0.1) is 11.6 Å². The van der Waals surface area contributed by atoms with Crippen LogP contribution in [0.2, 0.25) is 0 Å². The van der Waals surface area contributed by atoms with E-state index in [-0.39, 0.29) is 36.2 Å². The van der Waals surface area contributed by atoms with Crippen molar-refractivity contribution in [2.75, 3.05) is 6.54 Å². The van der Waals surface area contributed by atoms with Crippen LogP contribution in [0.1, 0.15) is 86.4 Å². The van der Waals surface area contributed by atoms with Gasteiger partial charge in [0.2, 0.25) is 0 Å². The van der Waals surface area contributed by atoms with E-state index in [2.05, 4.69) is 15.6 Å². The summed E-state index contributed by atoms with van der Waals surface area (Å²) in [5.74, 6) is -0.434. The number of alkyl halides is 3. The van der Waals surface area contributed by atoms with Crippen LogP contribution in [0.5, 0.6) is 5.75 Å². The van der Waals surface area contributed by atoms with Gasteiger partial charge in [-0.25, -0.2) is 4.98 Å². The van der Waals surface area contributed by atoms with Crippen LogP contribution in [0.4, 0.5) is 13.2 Å². The Kier molecular flexibility index (Phi) is 9.89. The Morgan fingerprint density at radius 1 is 1.07 bits per heavy atom. The summed E-state index contributed by atoms with van der Waals surface area (Å²) in [4.78, 5) is 33.2. The van der Waals surface area contributed by atoms with E-state index in [1.807, 2.05) is 30.2 Å². The average Bonchev–Trinajstić information content (AvgIpc) is 3.68. The third-order valence-electron chi connectivity index (χ3n) is 7.85. The highest BCUT2D eigenvalue weighted by atomic mass is 32.1. The van der Waals surface area contributed by atoms with Gasteiger partial charge in [0.25, 0.3) is 11.8 Å². The molecule has 2 amide bonds. The molecular weight excluding hydrogens is 601 g/mol. The number of phenols is 1. The lowest BCUT2D eigenvalue weighted by atomic mass is 9.98. The maximum Gasteiger partial charge on any atom is 0.416 e. The summed E-state index contributed by atoms with van der Waals surface area (Å²) in [6, 6.07) is 17.6. The number of hydrogen-bond donors (Lipinski definition) is 3. The second-order valence-electron chi connectivity index (χ2n) is 11.4. The number of likely N-dealkylation sites (tertiary alicyclic amines) is 1. The van der Waals surface area contributed by atoms with E-state index in [1.54, 1.807) is 53.8 Å². The first kappa shape index (κ1) is 32.2. The molecule has 1 aliphatic rings. The van der Waals surface area contributed by atoms with Gasteiger partial charge in [-0.05, 0) is 80.6 Å². The third kappa shape index (κ3) is 8.09. The highest BCUT2D eigenvalue weighted by molar-refractivity contribution is 7.09. The molecule has 7 nitrogen and oxygen atoms in total. The van der Waals surface area contributed by atoms with Gasteiger partial charge in [0.15, 0.2) is 0 Å². The van der Waals surface area contributed by atoms with Crippen molar-refractivity contribution in [1.82, 2.24) is 20.5 Å². The first-order valence-electron chi connectivity index (χ1n) is 14.8. The van der Waals surface area contributed by atoms with Crippen molar-refractivity contribution in [2.45, 2.75) is 64.0 Å². The summed E-state index contributed by atoms with van der Waals surface area (Å²) < 4.78 is 39.7. The first-order valence-corrected chi connectivity index (χ1v) is 15.7. The van der Waals surface area contributed by atoms with Gasteiger partial charge in [-0.3, -0.25) is 9.59 Å². The van der Waals surface area contributed by atoms with Crippen molar-refractivity contribution in [2.24, 2.45) is 0 Å². The normalized spacial score (nSPS) is 16.4. The minimum Gasteiger partial charge on any atom is -0.508 e. The molecule has 0 radical (unpaired) electrons. The topological polar surface area (TPSA) is 94.6 Å². The van der Waals surface area contributed by atoms with Gasteiger partial charge in [0, 0.05) is 47.4 Å². The van der Waals surface area contributed by atoms with Gasteiger partial charge < -0.3 is 20.6 Å². The molecule has 0 saturated carbocycles. The Bertz CT molecular complexity index is 1660. The molecule has 1 saturated heterocycles. The van der Waals surface area contributed by atoms with Crippen molar-refractivity contribution in [3.8, 4) is 5.75 Å². The maximum absolute atomic E-state index is 13.5. The number of thiazole rings is 1. The zero-order valence-electron chi connectivity index (χ0n) is 25.0. The molecule has 1 fully saturated rings. The van der Waals surface area contributed by atoms with Crippen LogP contribution in [-0.4, -0.2) is 39.4 Å². The number of aromatic nitrogens is 1. The first-order chi connectivity index (χ1) is 21.5. The van der Waals surface area contributed by atoms with E-state index in [4.69, 9.17) is 0 Å². The smallest absolute Gasteiger partial charge is 0.416 e. The molecule has 3 aromatic carbocycles. The molecule has 0 spiro atoms. The fourth-order valence-electron chi connectivity index (χ4n) is 5.65. The fraction of sp³-hybridized carbons (Fsp3) is 0.324. The quantitative estimate of drug-likeness (QED) is 0.171. The van der Waals surface area contributed by atoms with Crippen LogP contribution < -0.4 is 10.6 Å². The van der Waals surface area contributed by atoms with Crippen LogP contribution in [0.15, 0.2) is 78.2 Å². The summed E-state index contributed by atoms with van der Waals surface area (Å²) in [6.45, 7) is 4.54. The summed E-state index contributed by atoms with van der Waals surface area (Å²) in [5, 5.41) is 19.3. The molecule has 1 aromatic heterocycles. The predicted octanol–water partition coefficient (Wildman–Crippen LogP) is 7.19. The molecule has 5 rings (SSSR count). The van der Waals surface area contributed by atoms with Gasteiger partial charge in [-0.1, -0.05) is 36.4 Å². The van der Waals surface area contributed by atoms with Crippen LogP contribution in [0.3, 0.4) is 0 Å². The number of phenolic OH excluding ortho intramolecular Hbond substituents is 1. The van der Waals surface area contributed by atoms with Gasteiger partial charge >= 0.3 is 6.18 Å². The van der Waals surface area contributed by atoms with Crippen LogP contribution in [0.25, 0.3) is 0 Å². The zero-order chi connectivity index (χ0) is 32.1. The lowest BCUT2D eigenvalue weighted by Crippen LogP contribution is -2.36. The zero-order valence-corrected chi connectivity index (χ0v) is 25.8. The number of rotatable bonds is 10. The SMILES string of the molecule is Cc1csc([C@H]2CCCN2C(=O)c2cccc(C(=O)N[C@@H](C)CC(NCc3cccc(C(F)(F)F)c3)c3cccc(O)c3)c2)n1. The second-order valence-corrected chi connectivity index (χ2v) is 12.3. The standard InChI is InChI=1S/C34H35F3N4O3S/c1-21(15-29(24-8-5-12-28(42)18-24)38-19-23-7-3-11-27(16-23)34(35,36)37)39-31(43)25-9-4-10-26(17-25)33(44)41-14-6-13-30(41)32-40-22(2)20-45-32/h3-5,7-12,16-18,20-21,29-30,38,42H,6,13-15,19H2,1-2H3,(H,39,43)/t21-,29?,30+/m0/s1. The van der Waals surface area contributed by atoms with Crippen LogP contribution >= 0.6 is 11.3 Å². The number of halogens is 3. The largest absolute Gasteiger partial charge is 0.508 e. The molecule has 4 aromatic rings. The van der Waals surface area contributed by atoms with E-state index in [0.717, 1.165) is 41.2 Å². The van der Waals surface area contributed by atoms with Crippen molar-refractivity contribution >= 4 is 23.2 Å². The second kappa shape index (κ2) is 13.8. The number of hydrogen-bond acceptors (Lipinski definition) is 6. The molecule has 11 heteroatoms. The number of nitrogens with one attached hydrogen (secondary N) is 2. The monoisotopic (exact) mass is 636 g/mol. The third-order valence-corrected chi connectivity index (χ3v) is 8.92. The summed E-state index contributed by atoms with van der Waals surface area (Å²) >= 11 is 1.55. The van der Waals surface area contributed by atoms with Crippen molar-refractivity contribution < 1.29 is 27.9 Å². The number of amides is 2. The molecular formula is C34H35F3N4O3S. The van der Waals surface area contributed by atoms with Crippen molar-refractivity contribution in [1.29, 1.82) is 0 Å². The molecule has 1 unspecified atom stereocenters. The summed E-state index contributed by atoms with van der Waals surface area (Å²) in [6.07, 6.45) is -2.33. The number of aromatic hydroxyl groups is 1. The molecule has 2 heterocycles. The minimum atomic E-state index is -4.45. The van der Waals surface area contributed by atoms with Gasteiger partial charge in [0.1, 0.15) is 10.8 Å². The Balaban J connectivity index is 1.26. The molecule has 45 heavy (non-hydrogen) atoms. The Morgan fingerprint density at radius 2 is 1.82 bits per heavy atom. The predicted molar refractivity (Wildman–Crippen MR) is 167 cm³/mol. The van der Waals surface area contributed by atoms with E-state index >= 15 is 0 Å². The van der Waals surface area contributed by atoms with Crippen LogP contribution in [-0.2, 0) is 12.7 Å². The summed E-state index contributed by atoms with van der Waals surface area (Å²) in [5.41, 5.74) is 2.16. The lowest BCUT2D eigenvalue weighted by Gasteiger charge is -2.25. The number of carbonyl (C=O) groups is 2. The molecule has 3 N–H and O–H groups in total. The highest BCUT2D eigenvalue weighted by Gasteiger charge is 2.33.